The van der Waals surface area contributed by atoms with E-state index in [0.717, 1.165) is 10.8 Å². The van der Waals surface area contributed by atoms with Crippen LogP contribution in [-0.2, 0) is 4.79 Å². The summed E-state index contributed by atoms with van der Waals surface area (Å²) in [5, 5.41) is 14.4. The summed E-state index contributed by atoms with van der Waals surface area (Å²) in [6, 6.07) is 15.1. The van der Waals surface area contributed by atoms with Crippen molar-refractivity contribution in [3.8, 4) is 6.07 Å². The number of fused-ring (bicyclic) bond motifs is 1. The third kappa shape index (κ3) is 2.44. The summed E-state index contributed by atoms with van der Waals surface area (Å²) in [5.41, 5.74) is 7.93. The lowest BCUT2D eigenvalue weighted by Gasteiger charge is -2.02. The van der Waals surface area contributed by atoms with Crippen molar-refractivity contribution in [1.29, 1.82) is 5.26 Å². The van der Waals surface area contributed by atoms with Gasteiger partial charge in [0.1, 0.15) is 6.07 Å². The third-order valence-corrected chi connectivity index (χ3v) is 2.39. The Labute approximate surface area is 104 Å². The average molecular weight is 238 g/mol. The van der Waals surface area contributed by atoms with Crippen molar-refractivity contribution in [2.45, 2.75) is 0 Å². The highest BCUT2D eigenvalue weighted by atomic mass is 16.1. The highest BCUT2D eigenvalue weighted by Crippen LogP contribution is 2.18. The summed E-state index contributed by atoms with van der Waals surface area (Å²) in [4.78, 5) is 10.8. The molecular formula is C13H10N4O. The maximum Gasteiger partial charge on any atom is 0.280 e. The summed E-state index contributed by atoms with van der Waals surface area (Å²) in [5.74, 6) is -0.856. The van der Waals surface area contributed by atoms with Gasteiger partial charge in [0.2, 0.25) is 5.71 Å². The molecule has 18 heavy (non-hydrogen) atoms. The summed E-state index contributed by atoms with van der Waals surface area (Å²) in [6.07, 6.45) is 0. The fourth-order valence-corrected chi connectivity index (χ4v) is 1.51. The molecule has 0 saturated carbocycles. The molecule has 5 nitrogen and oxygen atoms in total. The number of benzene rings is 2. The largest absolute Gasteiger partial charge is 0.364 e. The van der Waals surface area contributed by atoms with Crippen LogP contribution in [0.4, 0.5) is 5.69 Å². The Kier molecular flexibility index (Phi) is 3.21. The van der Waals surface area contributed by atoms with Crippen LogP contribution in [0.5, 0.6) is 0 Å². The van der Waals surface area contributed by atoms with Gasteiger partial charge in [0.15, 0.2) is 0 Å². The van der Waals surface area contributed by atoms with E-state index in [0.29, 0.717) is 5.69 Å². The molecule has 0 unspecified atom stereocenters. The second kappa shape index (κ2) is 4.97. The monoisotopic (exact) mass is 238 g/mol. The van der Waals surface area contributed by atoms with Crippen LogP contribution in [0.25, 0.3) is 10.8 Å². The van der Waals surface area contributed by atoms with Crippen LogP contribution in [0, 0.1) is 11.3 Å². The normalized spacial score (nSPS) is 10.9. The number of rotatable bonds is 3. The minimum Gasteiger partial charge on any atom is -0.364 e. The summed E-state index contributed by atoms with van der Waals surface area (Å²) in [7, 11) is 0. The van der Waals surface area contributed by atoms with E-state index in [4.69, 9.17) is 11.0 Å². The van der Waals surface area contributed by atoms with Crippen molar-refractivity contribution in [3.63, 3.8) is 0 Å². The number of amides is 1. The molecule has 0 fully saturated rings. The molecule has 0 heterocycles. The van der Waals surface area contributed by atoms with E-state index >= 15 is 0 Å². The molecule has 2 aromatic rings. The molecule has 88 valence electrons. The van der Waals surface area contributed by atoms with Crippen molar-refractivity contribution in [1.82, 2.24) is 0 Å². The summed E-state index contributed by atoms with van der Waals surface area (Å²) < 4.78 is 0. The van der Waals surface area contributed by atoms with E-state index in [-0.39, 0.29) is 5.71 Å². The molecule has 1 amide bonds. The highest BCUT2D eigenvalue weighted by Gasteiger charge is 2.04. The molecule has 3 N–H and O–H groups in total. The minimum absolute atomic E-state index is 0.358. The Morgan fingerprint density at radius 2 is 1.94 bits per heavy atom. The second-order valence-electron chi connectivity index (χ2n) is 3.61. The van der Waals surface area contributed by atoms with E-state index in [1.54, 1.807) is 6.07 Å². The lowest BCUT2D eigenvalue weighted by molar-refractivity contribution is -0.111. The summed E-state index contributed by atoms with van der Waals surface area (Å²) in [6.45, 7) is 0. The smallest absolute Gasteiger partial charge is 0.280 e. The second-order valence-corrected chi connectivity index (χ2v) is 3.61. The van der Waals surface area contributed by atoms with Crippen LogP contribution in [-0.4, -0.2) is 11.6 Å². The number of hydrogen-bond donors (Lipinski definition) is 2. The SMILES string of the molecule is N#CC(=NNc1ccc2ccccc2c1)C(N)=O. The quantitative estimate of drug-likeness (QED) is 0.628. The Morgan fingerprint density at radius 3 is 2.61 bits per heavy atom. The van der Waals surface area contributed by atoms with Crippen molar-refractivity contribution < 1.29 is 4.79 Å². The van der Waals surface area contributed by atoms with Gasteiger partial charge in [-0.2, -0.15) is 10.4 Å². The molecule has 2 rings (SSSR count). The van der Waals surface area contributed by atoms with Crippen LogP contribution in [0.15, 0.2) is 47.6 Å². The van der Waals surface area contributed by atoms with Crippen LogP contribution in [0.1, 0.15) is 0 Å². The topological polar surface area (TPSA) is 91.3 Å². The number of hydrazone groups is 1. The van der Waals surface area contributed by atoms with E-state index in [2.05, 4.69) is 10.5 Å². The Balaban J connectivity index is 2.28. The predicted molar refractivity (Wildman–Crippen MR) is 69.8 cm³/mol. The number of carbonyl (C=O) groups is 1. The fourth-order valence-electron chi connectivity index (χ4n) is 1.51. The van der Waals surface area contributed by atoms with Gasteiger partial charge in [-0.15, -0.1) is 0 Å². The van der Waals surface area contributed by atoms with Crippen molar-refractivity contribution >= 4 is 28.1 Å². The van der Waals surface area contributed by atoms with Gasteiger partial charge >= 0.3 is 0 Å². The first-order valence-electron chi connectivity index (χ1n) is 5.23. The van der Waals surface area contributed by atoms with Gasteiger partial charge < -0.3 is 5.73 Å². The zero-order chi connectivity index (χ0) is 13.0. The number of nitrogens with two attached hydrogens (primary N) is 1. The van der Waals surface area contributed by atoms with Gasteiger partial charge in [-0.05, 0) is 22.9 Å². The molecule has 0 aliphatic rings. The standard InChI is InChI=1S/C13H10N4O/c14-8-12(13(15)18)17-16-11-6-5-9-3-1-2-4-10(9)7-11/h1-7,16H,(H2,15,18). The van der Waals surface area contributed by atoms with E-state index in [1.807, 2.05) is 42.5 Å². The van der Waals surface area contributed by atoms with Gasteiger partial charge in [-0.3, -0.25) is 10.2 Å². The first-order valence-corrected chi connectivity index (χ1v) is 5.23. The number of hydrogen-bond acceptors (Lipinski definition) is 4. The van der Waals surface area contributed by atoms with Gasteiger partial charge in [0.25, 0.3) is 5.91 Å². The Bertz CT molecular complexity index is 670. The molecule has 0 aromatic heterocycles. The van der Waals surface area contributed by atoms with E-state index < -0.39 is 5.91 Å². The molecule has 0 bridgehead atoms. The van der Waals surface area contributed by atoms with Crippen LogP contribution in [0.2, 0.25) is 0 Å². The molecule has 0 spiro atoms. The average Bonchev–Trinajstić information content (AvgIpc) is 2.39. The lowest BCUT2D eigenvalue weighted by atomic mass is 10.1. The molecule has 0 saturated heterocycles. The maximum atomic E-state index is 10.8. The maximum absolute atomic E-state index is 10.8. The van der Waals surface area contributed by atoms with Crippen molar-refractivity contribution in [3.05, 3.63) is 42.5 Å². The van der Waals surface area contributed by atoms with Crippen LogP contribution < -0.4 is 11.2 Å². The number of nitrogens with zero attached hydrogens (tertiary/aromatic N) is 2. The van der Waals surface area contributed by atoms with Gasteiger partial charge in [0, 0.05) is 0 Å². The number of carbonyl (C=O) groups excluding carboxylic acids is 1. The van der Waals surface area contributed by atoms with E-state index in [1.165, 1.54) is 0 Å². The molecular weight excluding hydrogens is 228 g/mol. The van der Waals surface area contributed by atoms with Gasteiger partial charge in [-0.1, -0.05) is 30.3 Å². The van der Waals surface area contributed by atoms with Crippen LogP contribution in [0.3, 0.4) is 0 Å². The number of nitrogens with one attached hydrogen (secondary N) is 1. The van der Waals surface area contributed by atoms with Crippen LogP contribution >= 0.6 is 0 Å². The summed E-state index contributed by atoms with van der Waals surface area (Å²) >= 11 is 0. The zero-order valence-corrected chi connectivity index (χ0v) is 9.42. The van der Waals surface area contributed by atoms with E-state index in [9.17, 15) is 4.79 Å². The molecule has 5 heteroatoms. The minimum atomic E-state index is -0.856. The lowest BCUT2D eigenvalue weighted by Crippen LogP contribution is -2.22. The number of anilines is 1. The first-order chi connectivity index (χ1) is 8.70. The molecule has 2 aromatic carbocycles. The Morgan fingerprint density at radius 1 is 1.22 bits per heavy atom. The first kappa shape index (κ1) is 11.6. The molecule has 0 atom stereocenters. The predicted octanol–water partition coefficient (Wildman–Crippen LogP) is 1.62. The molecule has 0 aliphatic carbocycles. The number of primary amides is 1. The highest BCUT2D eigenvalue weighted by molar-refractivity contribution is 6.44. The van der Waals surface area contributed by atoms with Gasteiger partial charge in [-0.25, -0.2) is 0 Å². The Hall–Kier alpha value is -2.87. The number of nitriles is 1. The zero-order valence-electron chi connectivity index (χ0n) is 9.42. The van der Waals surface area contributed by atoms with Crippen molar-refractivity contribution in [2.24, 2.45) is 10.8 Å². The fraction of sp³-hybridized carbons (Fsp3) is 0. The van der Waals surface area contributed by atoms with Crippen molar-refractivity contribution in [2.75, 3.05) is 5.43 Å². The molecule has 0 radical (unpaired) electrons. The molecule has 0 aliphatic heterocycles. The third-order valence-electron chi connectivity index (χ3n) is 2.39. The van der Waals surface area contributed by atoms with Gasteiger partial charge in [0.05, 0.1) is 5.69 Å².